The summed E-state index contributed by atoms with van der Waals surface area (Å²) in [5.74, 6) is 0.698. The number of hydrogen-bond acceptors (Lipinski definition) is 5. The highest BCUT2D eigenvalue weighted by Gasteiger charge is 2.30. The number of carbonyl (C=O) groups is 2. The SMILES string of the molecule is CC(C)(C)OC(=O)N1CCC(Oc2ccc3cn(C(=O)OCc4ccccc4)cc3c2)C1. The number of carbonyl (C=O) groups excluding carboxylic acids is 2. The van der Waals surface area contributed by atoms with E-state index in [1.165, 1.54) is 4.57 Å². The van der Waals surface area contributed by atoms with Crippen LogP contribution in [0.4, 0.5) is 9.59 Å². The minimum absolute atomic E-state index is 0.0992. The molecule has 0 radical (unpaired) electrons. The summed E-state index contributed by atoms with van der Waals surface area (Å²) in [6, 6.07) is 15.2. The van der Waals surface area contributed by atoms with E-state index in [1.807, 2.05) is 69.3 Å². The molecule has 4 rings (SSSR count). The summed E-state index contributed by atoms with van der Waals surface area (Å²) in [6.45, 7) is 6.87. The minimum atomic E-state index is -0.517. The third kappa shape index (κ3) is 5.41. The Hall–Kier alpha value is -3.48. The third-order valence-corrected chi connectivity index (χ3v) is 5.13. The topological polar surface area (TPSA) is 70.0 Å². The second kappa shape index (κ2) is 8.94. The molecule has 2 heterocycles. The van der Waals surface area contributed by atoms with Gasteiger partial charge in [0, 0.05) is 36.1 Å². The van der Waals surface area contributed by atoms with Crippen LogP contribution in [0, 0.1) is 0 Å². The average Bonchev–Trinajstić information content (AvgIpc) is 3.38. The first-order chi connectivity index (χ1) is 15.3. The van der Waals surface area contributed by atoms with Gasteiger partial charge in [0.15, 0.2) is 0 Å². The van der Waals surface area contributed by atoms with Crippen molar-refractivity contribution in [2.75, 3.05) is 13.1 Å². The monoisotopic (exact) mass is 436 g/mol. The zero-order valence-electron chi connectivity index (χ0n) is 18.6. The van der Waals surface area contributed by atoms with Crippen molar-refractivity contribution in [2.45, 2.75) is 45.5 Å². The molecule has 7 heteroatoms. The van der Waals surface area contributed by atoms with Crippen molar-refractivity contribution in [1.82, 2.24) is 9.47 Å². The van der Waals surface area contributed by atoms with E-state index in [4.69, 9.17) is 14.2 Å². The summed E-state index contributed by atoms with van der Waals surface area (Å²) in [5, 5.41) is 1.79. The molecule has 32 heavy (non-hydrogen) atoms. The highest BCUT2D eigenvalue weighted by atomic mass is 16.6. The van der Waals surface area contributed by atoms with E-state index >= 15 is 0 Å². The van der Waals surface area contributed by atoms with E-state index in [0.717, 1.165) is 22.8 Å². The van der Waals surface area contributed by atoms with Gasteiger partial charge < -0.3 is 19.1 Å². The zero-order valence-corrected chi connectivity index (χ0v) is 18.6. The van der Waals surface area contributed by atoms with Crippen LogP contribution in [0.3, 0.4) is 0 Å². The summed E-state index contributed by atoms with van der Waals surface area (Å²) < 4.78 is 18.4. The van der Waals surface area contributed by atoms with Gasteiger partial charge in [-0.25, -0.2) is 9.59 Å². The van der Waals surface area contributed by atoms with Crippen LogP contribution in [0.25, 0.3) is 10.8 Å². The fourth-order valence-electron chi connectivity index (χ4n) is 3.60. The predicted octanol–water partition coefficient (Wildman–Crippen LogP) is 5.21. The second-order valence-electron chi connectivity index (χ2n) is 8.95. The lowest BCUT2D eigenvalue weighted by molar-refractivity contribution is 0.0275. The first-order valence-corrected chi connectivity index (χ1v) is 10.7. The number of rotatable bonds is 4. The Morgan fingerprint density at radius 1 is 1.00 bits per heavy atom. The fraction of sp³-hybridized carbons (Fsp3) is 0.360. The standard InChI is InChI=1S/C25H28N2O5/c1-25(2,3)32-24(29)26-12-11-22(16-26)31-21-10-9-19-14-27(15-20(19)13-21)23(28)30-17-18-7-5-4-6-8-18/h4-10,13-15,22H,11-12,16-17H2,1-3H3. The number of nitrogens with zero attached hydrogens (tertiary/aromatic N) is 2. The normalized spacial score (nSPS) is 16.2. The fourth-order valence-corrected chi connectivity index (χ4v) is 3.60. The van der Waals surface area contributed by atoms with Gasteiger partial charge >= 0.3 is 12.2 Å². The van der Waals surface area contributed by atoms with Crippen molar-refractivity contribution < 1.29 is 23.8 Å². The molecule has 7 nitrogen and oxygen atoms in total. The summed E-state index contributed by atoms with van der Waals surface area (Å²) in [6.07, 6.45) is 3.37. The molecule has 0 bridgehead atoms. The molecule has 1 unspecified atom stereocenters. The van der Waals surface area contributed by atoms with Gasteiger partial charge in [-0.3, -0.25) is 4.57 Å². The van der Waals surface area contributed by atoms with Crippen LogP contribution in [-0.4, -0.2) is 46.4 Å². The minimum Gasteiger partial charge on any atom is -0.488 e. The van der Waals surface area contributed by atoms with Gasteiger partial charge in [0.1, 0.15) is 24.1 Å². The molecule has 0 N–H and O–H groups in total. The summed E-state index contributed by atoms with van der Waals surface area (Å²) in [5.41, 5.74) is 0.418. The summed E-state index contributed by atoms with van der Waals surface area (Å²) in [7, 11) is 0. The van der Waals surface area contributed by atoms with Crippen LogP contribution in [0.5, 0.6) is 5.75 Å². The molecular weight excluding hydrogens is 408 g/mol. The molecule has 168 valence electrons. The van der Waals surface area contributed by atoms with Crippen molar-refractivity contribution in [3.8, 4) is 5.75 Å². The molecule has 1 fully saturated rings. The van der Waals surface area contributed by atoms with Crippen LogP contribution in [0.15, 0.2) is 60.9 Å². The van der Waals surface area contributed by atoms with Gasteiger partial charge in [-0.15, -0.1) is 0 Å². The molecule has 0 spiro atoms. The van der Waals surface area contributed by atoms with Crippen molar-refractivity contribution in [3.63, 3.8) is 0 Å². The van der Waals surface area contributed by atoms with E-state index in [-0.39, 0.29) is 18.8 Å². The van der Waals surface area contributed by atoms with Crippen molar-refractivity contribution in [2.24, 2.45) is 0 Å². The lowest BCUT2D eigenvalue weighted by Crippen LogP contribution is -2.36. The molecule has 1 atom stereocenters. The number of likely N-dealkylation sites (tertiary alicyclic amines) is 1. The van der Waals surface area contributed by atoms with Crippen LogP contribution >= 0.6 is 0 Å². The number of fused-ring (bicyclic) bond motifs is 1. The molecule has 1 saturated heterocycles. The number of benzene rings is 2. The third-order valence-electron chi connectivity index (χ3n) is 5.13. The lowest BCUT2D eigenvalue weighted by Gasteiger charge is -2.24. The van der Waals surface area contributed by atoms with Gasteiger partial charge in [-0.2, -0.15) is 0 Å². The number of hydrogen-bond donors (Lipinski definition) is 0. The van der Waals surface area contributed by atoms with Crippen LogP contribution in [0.1, 0.15) is 32.8 Å². The quantitative estimate of drug-likeness (QED) is 0.561. The van der Waals surface area contributed by atoms with Crippen LogP contribution in [0.2, 0.25) is 0 Å². The second-order valence-corrected chi connectivity index (χ2v) is 8.95. The molecule has 1 aliphatic heterocycles. The maximum absolute atomic E-state index is 12.4. The molecule has 2 aromatic carbocycles. The van der Waals surface area contributed by atoms with Crippen molar-refractivity contribution in [3.05, 3.63) is 66.5 Å². The van der Waals surface area contributed by atoms with E-state index < -0.39 is 11.7 Å². The zero-order chi connectivity index (χ0) is 22.7. The highest BCUT2D eigenvalue weighted by molar-refractivity contribution is 5.88. The van der Waals surface area contributed by atoms with Crippen LogP contribution < -0.4 is 4.74 Å². The Labute approximate surface area is 187 Å². The summed E-state index contributed by atoms with van der Waals surface area (Å²) in [4.78, 5) is 26.3. The van der Waals surface area contributed by atoms with E-state index in [9.17, 15) is 9.59 Å². The molecule has 3 aromatic rings. The summed E-state index contributed by atoms with van der Waals surface area (Å²) >= 11 is 0. The first-order valence-electron chi connectivity index (χ1n) is 10.7. The Balaban J connectivity index is 1.36. The number of ether oxygens (including phenoxy) is 3. The highest BCUT2D eigenvalue weighted by Crippen LogP contribution is 2.25. The predicted molar refractivity (Wildman–Crippen MR) is 121 cm³/mol. The molecule has 1 aromatic heterocycles. The smallest absolute Gasteiger partial charge is 0.418 e. The van der Waals surface area contributed by atoms with Crippen LogP contribution in [-0.2, 0) is 16.1 Å². The molecule has 0 saturated carbocycles. The van der Waals surface area contributed by atoms with E-state index in [0.29, 0.717) is 18.8 Å². The van der Waals surface area contributed by atoms with Gasteiger partial charge in [0.05, 0.1) is 6.54 Å². The Morgan fingerprint density at radius 3 is 2.50 bits per heavy atom. The van der Waals surface area contributed by atoms with Crippen molar-refractivity contribution in [1.29, 1.82) is 0 Å². The maximum Gasteiger partial charge on any atom is 0.418 e. The van der Waals surface area contributed by atoms with Gasteiger partial charge in [0.2, 0.25) is 0 Å². The van der Waals surface area contributed by atoms with Gasteiger partial charge in [-0.1, -0.05) is 30.3 Å². The maximum atomic E-state index is 12.4. The Bertz CT molecular complexity index is 1100. The largest absolute Gasteiger partial charge is 0.488 e. The molecule has 0 aliphatic carbocycles. The van der Waals surface area contributed by atoms with Crippen molar-refractivity contribution >= 4 is 23.0 Å². The van der Waals surface area contributed by atoms with Gasteiger partial charge in [0.25, 0.3) is 0 Å². The first kappa shape index (κ1) is 21.7. The molecule has 1 amide bonds. The Kier molecular flexibility index (Phi) is 6.08. The molecular formula is C25H28N2O5. The lowest BCUT2D eigenvalue weighted by atomic mass is 10.2. The van der Waals surface area contributed by atoms with E-state index in [2.05, 4.69) is 0 Å². The van der Waals surface area contributed by atoms with E-state index in [1.54, 1.807) is 17.3 Å². The van der Waals surface area contributed by atoms with Gasteiger partial charge in [-0.05, 0) is 44.5 Å². The number of amides is 1. The Morgan fingerprint density at radius 2 is 1.75 bits per heavy atom. The molecule has 1 aliphatic rings. The number of aromatic nitrogens is 1. The average molecular weight is 437 g/mol.